The summed E-state index contributed by atoms with van der Waals surface area (Å²) < 4.78 is 31.2. The van der Waals surface area contributed by atoms with Gasteiger partial charge in [0.05, 0.1) is 26.4 Å². The molecule has 2 heterocycles. The monoisotopic (exact) mass is 500 g/mol. The predicted octanol–water partition coefficient (Wildman–Crippen LogP) is 5.36. The Morgan fingerprint density at radius 1 is 0.676 bits per heavy atom. The SMILES string of the molecule is O=C1CCC=C2O[C@H](COCc3ccccc3)[C@@H](OCc3ccccc3)[C@H](OCc3ccccc3)[C@H]2O1. The fraction of sp³-hybridized carbons (Fsp3) is 0.323. The van der Waals surface area contributed by atoms with E-state index in [1.54, 1.807) is 0 Å². The maximum Gasteiger partial charge on any atom is 0.306 e. The van der Waals surface area contributed by atoms with Gasteiger partial charge in [-0.15, -0.1) is 0 Å². The molecule has 3 aromatic carbocycles. The summed E-state index contributed by atoms with van der Waals surface area (Å²) in [6.45, 7) is 1.49. The Kier molecular flexibility index (Phi) is 8.64. The summed E-state index contributed by atoms with van der Waals surface area (Å²) in [6, 6.07) is 29.9. The van der Waals surface area contributed by atoms with Gasteiger partial charge in [-0.1, -0.05) is 91.0 Å². The molecule has 4 atom stereocenters. The van der Waals surface area contributed by atoms with Crippen molar-refractivity contribution in [1.29, 1.82) is 0 Å². The van der Waals surface area contributed by atoms with Crippen LogP contribution >= 0.6 is 0 Å². The second-order valence-corrected chi connectivity index (χ2v) is 9.24. The highest BCUT2D eigenvalue weighted by Crippen LogP contribution is 2.34. The summed E-state index contributed by atoms with van der Waals surface area (Å²) in [5, 5.41) is 0. The van der Waals surface area contributed by atoms with Crippen molar-refractivity contribution in [2.45, 2.75) is 57.1 Å². The summed E-state index contributed by atoms with van der Waals surface area (Å²) in [5.41, 5.74) is 3.14. The van der Waals surface area contributed by atoms with Gasteiger partial charge in [-0.2, -0.15) is 0 Å². The third kappa shape index (κ3) is 6.86. The van der Waals surface area contributed by atoms with Crippen LogP contribution < -0.4 is 0 Å². The third-order valence-corrected chi connectivity index (χ3v) is 6.47. The Bertz CT molecular complexity index is 1150. The first-order valence-corrected chi connectivity index (χ1v) is 12.7. The van der Waals surface area contributed by atoms with Crippen molar-refractivity contribution < 1.29 is 28.5 Å². The van der Waals surface area contributed by atoms with E-state index in [0.29, 0.717) is 45.0 Å². The number of carbonyl (C=O) groups excluding carboxylic acids is 1. The Hall–Kier alpha value is -3.45. The lowest BCUT2D eigenvalue weighted by atomic mass is 9.96. The third-order valence-electron chi connectivity index (χ3n) is 6.47. The topological polar surface area (TPSA) is 63.2 Å². The van der Waals surface area contributed by atoms with Crippen LogP contribution in [-0.4, -0.2) is 37.0 Å². The molecule has 0 bridgehead atoms. The first-order valence-electron chi connectivity index (χ1n) is 12.7. The van der Waals surface area contributed by atoms with Crippen LogP contribution in [0, 0.1) is 0 Å². The summed E-state index contributed by atoms with van der Waals surface area (Å²) >= 11 is 0. The molecule has 0 radical (unpaired) electrons. The molecule has 2 aliphatic heterocycles. The minimum Gasteiger partial charge on any atom is -0.486 e. The second kappa shape index (κ2) is 12.7. The van der Waals surface area contributed by atoms with Crippen LogP contribution in [0.15, 0.2) is 103 Å². The van der Waals surface area contributed by atoms with E-state index in [-0.39, 0.29) is 5.97 Å². The van der Waals surface area contributed by atoms with Crippen LogP contribution in [0.4, 0.5) is 0 Å². The molecule has 0 amide bonds. The van der Waals surface area contributed by atoms with Gasteiger partial charge in [0.25, 0.3) is 0 Å². The van der Waals surface area contributed by atoms with Crippen LogP contribution in [0.2, 0.25) is 0 Å². The van der Waals surface area contributed by atoms with E-state index < -0.39 is 24.4 Å². The zero-order valence-electron chi connectivity index (χ0n) is 20.7. The molecule has 0 aliphatic carbocycles. The van der Waals surface area contributed by atoms with Gasteiger partial charge in [-0.25, -0.2) is 0 Å². The van der Waals surface area contributed by atoms with Gasteiger partial charge in [-0.3, -0.25) is 4.79 Å². The van der Waals surface area contributed by atoms with Gasteiger partial charge in [0.15, 0.2) is 12.2 Å². The molecule has 37 heavy (non-hydrogen) atoms. The van der Waals surface area contributed by atoms with Crippen LogP contribution in [0.1, 0.15) is 29.5 Å². The molecule has 0 spiro atoms. The van der Waals surface area contributed by atoms with Gasteiger partial charge in [0.1, 0.15) is 18.0 Å². The molecule has 0 saturated carbocycles. The fourth-order valence-corrected chi connectivity index (χ4v) is 4.59. The molecule has 6 nitrogen and oxygen atoms in total. The number of ether oxygens (including phenoxy) is 5. The molecule has 0 aromatic heterocycles. The van der Waals surface area contributed by atoms with E-state index in [1.165, 1.54) is 0 Å². The second-order valence-electron chi connectivity index (χ2n) is 9.24. The van der Waals surface area contributed by atoms with E-state index in [1.807, 2.05) is 97.1 Å². The summed E-state index contributed by atoms with van der Waals surface area (Å²) in [7, 11) is 0. The molecule has 0 unspecified atom stereocenters. The predicted molar refractivity (Wildman–Crippen MR) is 138 cm³/mol. The Labute approximate surface area is 217 Å². The maximum atomic E-state index is 12.4. The van der Waals surface area contributed by atoms with Crippen molar-refractivity contribution in [2.75, 3.05) is 6.61 Å². The number of hydrogen-bond donors (Lipinski definition) is 0. The minimum absolute atomic E-state index is 0.270. The van der Waals surface area contributed by atoms with Crippen molar-refractivity contribution in [3.05, 3.63) is 120 Å². The van der Waals surface area contributed by atoms with Crippen LogP contribution in [0.3, 0.4) is 0 Å². The van der Waals surface area contributed by atoms with Crippen LogP contribution in [-0.2, 0) is 48.3 Å². The number of allylic oxidation sites excluding steroid dienone is 1. The highest BCUT2D eigenvalue weighted by Gasteiger charge is 2.48. The number of benzene rings is 3. The summed E-state index contributed by atoms with van der Waals surface area (Å²) in [5.74, 6) is 0.338. The standard InChI is InChI=1S/C31H32O6/c32-28-18-10-17-26-30(37-28)31(35-21-25-15-8-3-9-16-25)29(34-20-24-13-6-2-7-14-24)27(36-26)22-33-19-23-11-4-1-5-12-23/h1-9,11-17,27,29-31H,10,18-22H2/t27-,29-,30+,31+/m1/s1. The zero-order chi connectivity index (χ0) is 25.3. The molecule has 6 heteroatoms. The lowest BCUT2D eigenvalue weighted by molar-refractivity contribution is -0.220. The summed E-state index contributed by atoms with van der Waals surface area (Å²) in [6.07, 6.45) is 0.607. The van der Waals surface area contributed by atoms with E-state index >= 15 is 0 Å². The van der Waals surface area contributed by atoms with Gasteiger partial charge in [0.2, 0.25) is 0 Å². The van der Waals surface area contributed by atoms with Crippen LogP contribution in [0.5, 0.6) is 0 Å². The van der Waals surface area contributed by atoms with Crippen molar-refractivity contribution in [3.8, 4) is 0 Å². The highest BCUT2D eigenvalue weighted by molar-refractivity contribution is 5.70. The molecule has 2 aliphatic rings. The number of rotatable bonds is 10. The molecule has 1 fully saturated rings. The number of fused-ring (bicyclic) bond motifs is 1. The van der Waals surface area contributed by atoms with E-state index in [4.69, 9.17) is 23.7 Å². The van der Waals surface area contributed by atoms with Gasteiger partial charge < -0.3 is 23.7 Å². The first kappa shape index (κ1) is 25.2. The normalized spacial score (nSPS) is 23.2. The zero-order valence-corrected chi connectivity index (χ0v) is 20.7. The van der Waals surface area contributed by atoms with Gasteiger partial charge in [0, 0.05) is 6.42 Å². The van der Waals surface area contributed by atoms with E-state index in [9.17, 15) is 4.79 Å². The molecule has 0 N–H and O–H groups in total. The van der Waals surface area contributed by atoms with Gasteiger partial charge in [-0.05, 0) is 29.2 Å². The smallest absolute Gasteiger partial charge is 0.306 e. The molecule has 5 rings (SSSR count). The number of esters is 1. The largest absolute Gasteiger partial charge is 0.486 e. The molecule has 3 aromatic rings. The van der Waals surface area contributed by atoms with Crippen molar-refractivity contribution in [2.24, 2.45) is 0 Å². The van der Waals surface area contributed by atoms with Crippen LogP contribution in [0.25, 0.3) is 0 Å². The molecule has 1 saturated heterocycles. The fourth-order valence-electron chi connectivity index (χ4n) is 4.59. The molecular weight excluding hydrogens is 468 g/mol. The Morgan fingerprint density at radius 2 is 1.22 bits per heavy atom. The lowest BCUT2D eigenvalue weighted by Crippen LogP contribution is -2.56. The first-order chi connectivity index (χ1) is 18.3. The van der Waals surface area contributed by atoms with Gasteiger partial charge >= 0.3 is 5.97 Å². The Balaban J connectivity index is 1.38. The van der Waals surface area contributed by atoms with E-state index in [0.717, 1.165) is 16.7 Å². The highest BCUT2D eigenvalue weighted by atomic mass is 16.6. The molecular formula is C31H32O6. The van der Waals surface area contributed by atoms with Crippen molar-refractivity contribution in [1.82, 2.24) is 0 Å². The minimum atomic E-state index is -0.676. The molecule has 192 valence electrons. The summed E-state index contributed by atoms with van der Waals surface area (Å²) in [4.78, 5) is 12.4. The van der Waals surface area contributed by atoms with Crippen molar-refractivity contribution >= 4 is 5.97 Å². The average molecular weight is 501 g/mol. The average Bonchev–Trinajstić information content (AvgIpc) is 3.13. The number of hydrogen-bond acceptors (Lipinski definition) is 6. The quantitative estimate of drug-likeness (QED) is 0.349. The van der Waals surface area contributed by atoms with Crippen molar-refractivity contribution in [3.63, 3.8) is 0 Å². The lowest BCUT2D eigenvalue weighted by Gasteiger charge is -2.42. The maximum absolute atomic E-state index is 12.4. The van der Waals surface area contributed by atoms with E-state index in [2.05, 4.69) is 0 Å². The number of carbonyl (C=O) groups is 1. The Morgan fingerprint density at radius 3 is 1.81 bits per heavy atom.